The number of fused-ring (bicyclic) bond motifs is 1. The van der Waals surface area contributed by atoms with Crippen LogP contribution >= 0.6 is 34.7 Å². The average Bonchev–Trinajstić information content (AvgIpc) is 3.41. The maximum Gasteiger partial charge on any atom is 0.260 e. The lowest BCUT2D eigenvalue weighted by Gasteiger charge is -2.08. The van der Waals surface area contributed by atoms with E-state index in [4.69, 9.17) is 16.3 Å². The van der Waals surface area contributed by atoms with E-state index in [1.54, 1.807) is 7.11 Å². The van der Waals surface area contributed by atoms with Crippen molar-refractivity contribution in [3.8, 4) is 28.3 Å². The first-order chi connectivity index (χ1) is 16.1. The van der Waals surface area contributed by atoms with E-state index in [2.05, 4.69) is 20.2 Å². The van der Waals surface area contributed by atoms with Crippen LogP contribution in [0.25, 0.3) is 32.7 Å². The average molecular weight is 496 g/mol. The number of benzene rings is 2. The summed E-state index contributed by atoms with van der Waals surface area (Å²) in [6, 6.07) is 15.2. The molecular formula is C23H18ClN5O2S2. The predicted octanol–water partition coefficient (Wildman–Crippen LogP) is 5.40. The Labute approximate surface area is 202 Å². The quantitative estimate of drug-likeness (QED) is 0.317. The largest absolute Gasteiger partial charge is 0.496 e. The van der Waals surface area contributed by atoms with Gasteiger partial charge in [0, 0.05) is 28.6 Å². The highest BCUT2D eigenvalue weighted by Crippen LogP contribution is 2.35. The van der Waals surface area contributed by atoms with Crippen LogP contribution in [0.1, 0.15) is 5.82 Å². The monoisotopic (exact) mass is 495 g/mol. The zero-order valence-electron chi connectivity index (χ0n) is 17.7. The lowest BCUT2D eigenvalue weighted by atomic mass is 10.1. The fourth-order valence-corrected chi connectivity index (χ4v) is 5.55. The molecule has 1 N–H and O–H groups in total. The minimum absolute atomic E-state index is 0.181. The van der Waals surface area contributed by atoms with Gasteiger partial charge in [-0.05, 0) is 18.2 Å². The molecule has 0 saturated heterocycles. The summed E-state index contributed by atoms with van der Waals surface area (Å²) in [4.78, 5) is 21.2. The molecule has 0 unspecified atom stereocenters. The van der Waals surface area contributed by atoms with Crippen molar-refractivity contribution in [1.82, 2.24) is 24.7 Å². The van der Waals surface area contributed by atoms with Crippen molar-refractivity contribution in [2.75, 3.05) is 7.11 Å². The first-order valence-electron chi connectivity index (χ1n) is 9.97. The molecule has 0 aliphatic carbocycles. The Kier molecular flexibility index (Phi) is 5.92. The van der Waals surface area contributed by atoms with Crippen molar-refractivity contribution in [3.63, 3.8) is 0 Å². The number of para-hydroxylation sites is 1. The molecule has 10 heteroatoms. The van der Waals surface area contributed by atoms with Crippen LogP contribution in [-0.2, 0) is 12.8 Å². The van der Waals surface area contributed by atoms with E-state index in [1.165, 1.54) is 23.1 Å². The first-order valence-corrected chi connectivity index (χ1v) is 12.2. The van der Waals surface area contributed by atoms with Gasteiger partial charge in [-0.15, -0.1) is 21.5 Å². The van der Waals surface area contributed by atoms with Gasteiger partial charge in [-0.3, -0.25) is 4.79 Å². The number of hydrogen-bond acceptors (Lipinski definition) is 7. The number of thiophene rings is 1. The lowest BCUT2D eigenvalue weighted by molar-refractivity contribution is 0.416. The second-order valence-electron chi connectivity index (χ2n) is 7.18. The fourth-order valence-electron chi connectivity index (χ4n) is 3.58. The molecule has 2 aromatic carbocycles. The van der Waals surface area contributed by atoms with Crippen molar-refractivity contribution in [2.24, 2.45) is 7.05 Å². The van der Waals surface area contributed by atoms with E-state index >= 15 is 0 Å². The number of nitrogens with one attached hydrogen (secondary N) is 1. The smallest absolute Gasteiger partial charge is 0.260 e. The number of nitrogens with zero attached hydrogens (tertiary/aromatic N) is 4. The molecule has 0 saturated carbocycles. The fraction of sp³-hybridized carbons (Fsp3) is 0.130. The zero-order chi connectivity index (χ0) is 22.9. The van der Waals surface area contributed by atoms with E-state index in [0.29, 0.717) is 37.8 Å². The van der Waals surface area contributed by atoms with Crippen LogP contribution in [0.4, 0.5) is 0 Å². The van der Waals surface area contributed by atoms with Gasteiger partial charge in [0.15, 0.2) is 11.0 Å². The van der Waals surface area contributed by atoms with Gasteiger partial charge in [0.05, 0.1) is 23.8 Å². The minimum atomic E-state index is -0.181. The second kappa shape index (κ2) is 9.01. The van der Waals surface area contributed by atoms with Gasteiger partial charge < -0.3 is 14.3 Å². The van der Waals surface area contributed by atoms with E-state index < -0.39 is 0 Å². The van der Waals surface area contributed by atoms with Gasteiger partial charge in [0.1, 0.15) is 16.4 Å². The number of thioether (sulfide) groups is 1. The maximum absolute atomic E-state index is 12.9. The SMILES string of the molecule is COc1ccccc1-c1nnc(SCc2nc3scc(-c4ccccc4Cl)c3c(=O)[nH]2)n1C. The number of halogens is 1. The summed E-state index contributed by atoms with van der Waals surface area (Å²) >= 11 is 9.22. The summed E-state index contributed by atoms with van der Waals surface area (Å²) in [5.41, 5.74) is 2.30. The van der Waals surface area contributed by atoms with E-state index in [-0.39, 0.29) is 5.56 Å². The normalized spacial score (nSPS) is 11.2. The molecule has 0 aliphatic heterocycles. The first kappa shape index (κ1) is 21.7. The molecular weight excluding hydrogens is 478 g/mol. The zero-order valence-corrected chi connectivity index (χ0v) is 20.1. The highest BCUT2D eigenvalue weighted by atomic mass is 35.5. The van der Waals surface area contributed by atoms with Crippen LogP contribution in [0.2, 0.25) is 5.02 Å². The van der Waals surface area contributed by atoms with Crippen LogP contribution in [0.3, 0.4) is 0 Å². The van der Waals surface area contributed by atoms with Gasteiger partial charge >= 0.3 is 0 Å². The maximum atomic E-state index is 12.9. The van der Waals surface area contributed by atoms with Gasteiger partial charge in [-0.1, -0.05) is 53.7 Å². The van der Waals surface area contributed by atoms with Gasteiger partial charge in [-0.25, -0.2) is 4.98 Å². The molecule has 0 fully saturated rings. The lowest BCUT2D eigenvalue weighted by Crippen LogP contribution is -2.11. The van der Waals surface area contributed by atoms with Crippen molar-refractivity contribution in [3.05, 3.63) is 75.1 Å². The van der Waals surface area contributed by atoms with Crippen LogP contribution in [0.15, 0.2) is 63.9 Å². The Balaban J connectivity index is 1.42. The number of methoxy groups -OCH3 is 1. The Bertz CT molecular complexity index is 1530. The molecule has 0 aliphatic rings. The van der Waals surface area contributed by atoms with Crippen LogP contribution in [-0.4, -0.2) is 31.8 Å². The van der Waals surface area contributed by atoms with E-state index in [0.717, 1.165) is 22.4 Å². The molecule has 33 heavy (non-hydrogen) atoms. The Hall–Kier alpha value is -3.14. The second-order valence-corrected chi connectivity index (χ2v) is 9.38. The number of ether oxygens (including phenoxy) is 1. The van der Waals surface area contributed by atoms with Crippen molar-refractivity contribution < 1.29 is 4.74 Å². The third-order valence-electron chi connectivity index (χ3n) is 5.18. The van der Waals surface area contributed by atoms with E-state index in [9.17, 15) is 4.79 Å². The van der Waals surface area contributed by atoms with Crippen molar-refractivity contribution in [2.45, 2.75) is 10.9 Å². The summed E-state index contributed by atoms with van der Waals surface area (Å²) in [5, 5.41) is 12.4. The molecule has 0 atom stereocenters. The third-order valence-corrected chi connectivity index (χ3v) is 7.41. The number of aromatic amines is 1. The summed E-state index contributed by atoms with van der Waals surface area (Å²) in [6.07, 6.45) is 0. The summed E-state index contributed by atoms with van der Waals surface area (Å²) in [5.74, 6) is 2.46. The number of aromatic nitrogens is 5. The minimum Gasteiger partial charge on any atom is -0.496 e. The predicted molar refractivity (Wildman–Crippen MR) is 133 cm³/mol. The topological polar surface area (TPSA) is 85.7 Å². The van der Waals surface area contributed by atoms with Gasteiger partial charge in [-0.2, -0.15) is 0 Å². The Morgan fingerprint density at radius 3 is 2.64 bits per heavy atom. The molecule has 3 heterocycles. The van der Waals surface area contributed by atoms with Gasteiger partial charge in [0.2, 0.25) is 0 Å². The van der Waals surface area contributed by atoms with Crippen LogP contribution in [0.5, 0.6) is 5.75 Å². The van der Waals surface area contributed by atoms with Crippen molar-refractivity contribution >= 4 is 44.9 Å². The summed E-state index contributed by atoms with van der Waals surface area (Å²) in [6.45, 7) is 0. The molecule has 0 bridgehead atoms. The molecule has 5 aromatic rings. The Morgan fingerprint density at radius 2 is 1.85 bits per heavy atom. The van der Waals surface area contributed by atoms with Gasteiger partial charge in [0.25, 0.3) is 5.56 Å². The van der Waals surface area contributed by atoms with Crippen LogP contribution in [0, 0.1) is 0 Å². The molecule has 0 spiro atoms. The molecule has 166 valence electrons. The van der Waals surface area contributed by atoms with Crippen LogP contribution < -0.4 is 10.3 Å². The third kappa shape index (κ3) is 4.03. The summed E-state index contributed by atoms with van der Waals surface area (Å²) in [7, 11) is 3.53. The van der Waals surface area contributed by atoms with E-state index in [1.807, 2.05) is 65.5 Å². The number of rotatable bonds is 6. The molecule has 0 radical (unpaired) electrons. The summed E-state index contributed by atoms with van der Waals surface area (Å²) < 4.78 is 7.35. The standard InChI is InChI=1S/C23H18ClN5O2S2/c1-29-20(14-8-4-6-10-17(14)31-2)27-28-23(29)33-12-18-25-21(30)19-15(11-32-22(19)26-18)13-7-3-5-9-16(13)24/h3-11H,12H2,1-2H3,(H,25,26,30). The molecule has 3 aromatic heterocycles. The highest BCUT2D eigenvalue weighted by Gasteiger charge is 2.17. The van der Waals surface area contributed by atoms with Crippen molar-refractivity contribution in [1.29, 1.82) is 0 Å². The molecule has 7 nitrogen and oxygen atoms in total. The number of H-pyrrole nitrogens is 1. The molecule has 0 amide bonds. The molecule has 5 rings (SSSR count). The highest BCUT2D eigenvalue weighted by molar-refractivity contribution is 7.98. The Morgan fingerprint density at radius 1 is 1.09 bits per heavy atom. The number of hydrogen-bond donors (Lipinski definition) is 1.